The van der Waals surface area contributed by atoms with E-state index in [0.717, 1.165) is 5.39 Å². The number of hydrogen-bond donors (Lipinski definition) is 0. The molecule has 0 saturated heterocycles. The molecule has 2 heterocycles. The highest BCUT2D eigenvalue weighted by atomic mass is 127. The molecular formula is C29H23ClIN3O6. The van der Waals surface area contributed by atoms with Gasteiger partial charge in [0.25, 0.3) is 5.56 Å². The largest absolute Gasteiger partial charge is 0.490 e. The molecule has 5 rings (SSSR count). The van der Waals surface area contributed by atoms with Gasteiger partial charge in [-0.2, -0.15) is 9.78 Å². The molecule has 0 radical (unpaired) electrons. The number of methoxy groups -OCH3 is 1. The second-order valence-corrected chi connectivity index (χ2v) is 10.3. The molecule has 5 aromatic rings. The minimum Gasteiger partial charge on any atom is -0.490 e. The molecule has 3 aromatic carbocycles. The van der Waals surface area contributed by atoms with Gasteiger partial charge < -0.3 is 18.6 Å². The van der Waals surface area contributed by atoms with Gasteiger partial charge >= 0.3 is 5.97 Å². The maximum Gasteiger partial charge on any atom is 0.346 e. The molecule has 0 unspecified atom stereocenters. The van der Waals surface area contributed by atoms with Crippen LogP contribution in [0.1, 0.15) is 19.4 Å². The van der Waals surface area contributed by atoms with Gasteiger partial charge in [-0.25, -0.2) is 9.78 Å². The van der Waals surface area contributed by atoms with Gasteiger partial charge in [-0.1, -0.05) is 23.7 Å². The predicted octanol–water partition coefficient (Wildman–Crippen LogP) is 6.29. The van der Waals surface area contributed by atoms with E-state index in [2.05, 4.69) is 27.7 Å². The minimum atomic E-state index is -0.833. The lowest BCUT2D eigenvalue weighted by Gasteiger charge is -2.17. The number of fused-ring (bicyclic) bond motifs is 2. The summed E-state index contributed by atoms with van der Waals surface area (Å²) in [6, 6.07) is 17.6. The Labute approximate surface area is 247 Å². The Morgan fingerprint density at radius 3 is 2.77 bits per heavy atom. The second-order valence-electron chi connectivity index (χ2n) is 8.65. The molecule has 0 amide bonds. The summed E-state index contributed by atoms with van der Waals surface area (Å²) >= 11 is 8.25. The van der Waals surface area contributed by atoms with Crippen molar-refractivity contribution in [3.05, 3.63) is 85.2 Å². The number of para-hydroxylation sites is 1. The number of benzene rings is 3. The Kier molecular flexibility index (Phi) is 8.08. The van der Waals surface area contributed by atoms with Crippen LogP contribution in [-0.4, -0.2) is 41.7 Å². The second kappa shape index (κ2) is 11.7. The first-order chi connectivity index (χ1) is 19.3. The van der Waals surface area contributed by atoms with E-state index in [0.29, 0.717) is 54.5 Å². The number of ether oxygens (including phenoxy) is 3. The fourth-order valence-electron chi connectivity index (χ4n) is 4.07. The summed E-state index contributed by atoms with van der Waals surface area (Å²) in [6.45, 7) is 3.81. The Morgan fingerprint density at radius 2 is 2.00 bits per heavy atom. The van der Waals surface area contributed by atoms with Crippen LogP contribution in [0.3, 0.4) is 0 Å². The monoisotopic (exact) mass is 671 g/mol. The molecule has 0 aliphatic carbocycles. The number of nitrogens with zero attached hydrogens (tertiary/aromatic N) is 3. The first-order valence-electron chi connectivity index (χ1n) is 12.3. The molecule has 0 aliphatic rings. The highest BCUT2D eigenvalue weighted by Crippen LogP contribution is 2.35. The normalized spacial score (nSPS) is 12.2. The van der Waals surface area contributed by atoms with Gasteiger partial charge in [0, 0.05) is 10.4 Å². The van der Waals surface area contributed by atoms with E-state index < -0.39 is 12.1 Å². The first kappa shape index (κ1) is 27.7. The maximum absolute atomic E-state index is 13.6. The van der Waals surface area contributed by atoms with Crippen LogP contribution in [0.25, 0.3) is 33.5 Å². The smallest absolute Gasteiger partial charge is 0.346 e. The van der Waals surface area contributed by atoms with Crippen molar-refractivity contribution in [1.29, 1.82) is 0 Å². The quantitative estimate of drug-likeness (QED) is 0.109. The van der Waals surface area contributed by atoms with E-state index >= 15 is 0 Å². The summed E-state index contributed by atoms with van der Waals surface area (Å²) < 4.78 is 24.3. The van der Waals surface area contributed by atoms with E-state index in [1.807, 2.05) is 13.0 Å². The van der Waals surface area contributed by atoms with Crippen LogP contribution in [-0.2, 0) is 9.53 Å². The van der Waals surface area contributed by atoms with E-state index in [4.69, 9.17) is 35.2 Å². The van der Waals surface area contributed by atoms with Gasteiger partial charge in [0.2, 0.25) is 5.82 Å². The van der Waals surface area contributed by atoms with Crippen molar-refractivity contribution in [1.82, 2.24) is 9.66 Å². The van der Waals surface area contributed by atoms with Crippen molar-refractivity contribution < 1.29 is 23.4 Å². The van der Waals surface area contributed by atoms with Crippen LogP contribution in [0, 0.1) is 3.57 Å². The molecule has 0 fully saturated rings. The zero-order valence-corrected chi connectivity index (χ0v) is 24.6. The Balaban J connectivity index is 1.61. The maximum atomic E-state index is 13.6. The Hall–Kier alpha value is -3.90. The molecule has 1 atom stereocenters. The summed E-state index contributed by atoms with van der Waals surface area (Å²) in [4.78, 5) is 30.2. The van der Waals surface area contributed by atoms with Gasteiger partial charge in [0.05, 0.1) is 34.4 Å². The number of halogens is 2. The number of furan rings is 1. The lowest BCUT2D eigenvalue weighted by Crippen LogP contribution is -2.25. The molecular weight excluding hydrogens is 649 g/mol. The van der Waals surface area contributed by atoms with E-state index in [1.54, 1.807) is 61.5 Å². The van der Waals surface area contributed by atoms with Gasteiger partial charge in [0.1, 0.15) is 5.58 Å². The number of esters is 1. The topological polar surface area (TPSA) is 105 Å². The minimum absolute atomic E-state index is 0.235. The van der Waals surface area contributed by atoms with Crippen LogP contribution in [0.5, 0.6) is 11.5 Å². The van der Waals surface area contributed by atoms with Crippen molar-refractivity contribution in [2.75, 3.05) is 13.7 Å². The molecule has 2 aromatic heterocycles. The number of carbonyl (C=O) groups excluding carboxylic acids is 1. The molecule has 40 heavy (non-hydrogen) atoms. The van der Waals surface area contributed by atoms with E-state index in [1.165, 1.54) is 18.0 Å². The van der Waals surface area contributed by atoms with Crippen LogP contribution in [0.2, 0.25) is 5.02 Å². The average molecular weight is 672 g/mol. The number of carbonyl (C=O) groups is 1. The van der Waals surface area contributed by atoms with Gasteiger partial charge in [-0.05, 0) is 90.5 Å². The van der Waals surface area contributed by atoms with E-state index in [-0.39, 0.29) is 11.4 Å². The van der Waals surface area contributed by atoms with Crippen LogP contribution in [0.4, 0.5) is 0 Å². The summed E-state index contributed by atoms with van der Waals surface area (Å²) in [5.74, 6) is 0.919. The zero-order chi connectivity index (χ0) is 28.4. The lowest BCUT2D eigenvalue weighted by molar-refractivity contribution is -0.148. The molecule has 0 N–H and O–H groups in total. The Bertz CT molecular complexity index is 1830. The molecule has 9 nitrogen and oxygen atoms in total. The number of hydrogen-bond acceptors (Lipinski definition) is 8. The van der Waals surface area contributed by atoms with Crippen molar-refractivity contribution in [2.24, 2.45) is 5.10 Å². The lowest BCUT2D eigenvalue weighted by atomic mass is 10.2. The molecule has 11 heteroatoms. The van der Waals surface area contributed by atoms with Gasteiger partial charge in [-0.15, -0.1) is 0 Å². The summed E-state index contributed by atoms with van der Waals surface area (Å²) in [5.41, 5.74) is 1.39. The predicted molar refractivity (Wildman–Crippen MR) is 162 cm³/mol. The summed E-state index contributed by atoms with van der Waals surface area (Å²) in [6.07, 6.45) is 0.694. The number of aromatic nitrogens is 2. The fourth-order valence-corrected chi connectivity index (χ4v) is 5.00. The molecule has 204 valence electrons. The molecule has 0 saturated carbocycles. The molecule has 0 spiro atoms. The van der Waals surface area contributed by atoms with Gasteiger partial charge in [0.15, 0.2) is 23.4 Å². The fraction of sp³-hybridized carbons (Fsp3) is 0.172. The van der Waals surface area contributed by atoms with Crippen molar-refractivity contribution in [2.45, 2.75) is 20.0 Å². The Morgan fingerprint density at radius 1 is 1.20 bits per heavy atom. The third-order valence-corrected chi connectivity index (χ3v) is 6.97. The third kappa shape index (κ3) is 5.54. The molecule has 0 bridgehead atoms. The summed E-state index contributed by atoms with van der Waals surface area (Å²) in [5, 5.41) is 6.27. The van der Waals surface area contributed by atoms with Crippen molar-refractivity contribution in [3.8, 4) is 23.1 Å². The standard InChI is InChI=1S/C29H23ClIN3O6/c1-4-38-24-12-17(11-21(31)26(24)39-16(2)29(36)37-3)15-32-34-27(33-22-8-6-5-7-20(22)28(34)35)25-14-18-13-19(30)9-10-23(18)40-25/h5-16H,4H2,1-3H3/t16-/m1/s1. The third-order valence-electron chi connectivity index (χ3n) is 5.93. The van der Waals surface area contributed by atoms with Gasteiger partial charge in [-0.3, -0.25) is 4.79 Å². The van der Waals surface area contributed by atoms with Crippen LogP contribution < -0.4 is 15.0 Å². The molecule has 0 aliphatic heterocycles. The van der Waals surface area contributed by atoms with Crippen LogP contribution in [0.15, 0.2) is 75.0 Å². The zero-order valence-electron chi connectivity index (χ0n) is 21.7. The highest BCUT2D eigenvalue weighted by Gasteiger charge is 2.21. The summed E-state index contributed by atoms with van der Waals surface area (Å²) in [7, 11) is 1.30. The van der Waals surface area contributed by atoms with Crippen molar-refractivity contribution >= 4 is 68.2 Å². The highest BCUT2D eigenvalue weighted by molar-refractivity contribution is 14.1. The SMILES string of the molecule is CCOc1cc(C=Nn2c(-c3cc4cc(Cl)ccc4o3)nc3ccccc3c2=O)cc(I)c1O[C@H](C)C(=O)OC. The average Bonchev–Trinajstić information content (AvgIpc) is 3.37. The van der Waals surface area contributed by atoms with Crippen molar-refractivity contribution in [3.63, 3.8) is 0 Å². The first-order valence-corrected chi connectivity index (χ1v) is 13.7. The number of rotatable bonds is 8. The van der Waals surface area contributed by atoms with Crippen LogP contribution >= 0.6 is 34.2 Å². The van der Waals surface area contributed by atoms with E-state index in [9.17, 15) is 9.59 Å².